The first-order valence-electron chi connectivity index (χ1n) is 8.40. The van der Waals surface area contributed by atoms with E-state index in [1.165, 1.54) is 0 Å². The molecule has 1 saturated heterocycles. The third-order valence-corrected chi connectivity index (χ3v) is 4.84. The molecule has 0 aliphatic carbocycles. The molecule has 0 spiro atoms. The summed E-state index contributed by atoms with van der Waals surface area (Å²) in [6.07, 6.45) is 2.14. The quantitative estimate of drug-likeness (QED) is 0.886. The fourth-order valence-electron chi connectivity index (χ4n) is 3.71. The Labute approximate surface area is 140 Å². The van der Waals surface area contributed by atoms with Crippen LogP contribution in [0, 0.1) is 6.92 Å². The highest BCUT2D eigenvalue weighted by molar-refractivity contribution is 6.01. The minimum atomic E-state index is -0.393. The molecule has 6 nitrogen and oxygen atoms in total. The van der Waals surface area contributed by atoms with Gasteiger partial charge >= 0.3 is 6.03 Å². The first kappa shape index (κ1) is 15.2. The van der Waals surface area contributed by atoms with E-state index in [1.807, 2.05) is 31.2 Å². The number of urea groups is 1. The van der Waals surface area contributed by atoms with Crippen molar-refractivity contribution in [1.29, 1.82) is 0 Å². The smallest absolute Gasteiger partial charge is 0.319 e. The number of hydrogen-bond acceptors (Lipinski definition) is 3. The summed E-state index contributed by atoms with van der Waals surface area (Å²) in [4.78, 5) is 26.7. The zero-order valence-corrected chi connectivity index (χ0v) is 13.7. The Kier molecular flexibility index (Phi) is 3.76. The molecule has 3 heterocycles. The lowest BCUT2D eigenvalue weighted by atomic mass is 9.95. The van der Waals surface area contributed by atoms with E-state index < -0.39 is 6.04 Å². The Morgan fingerprint density at radius 1 is 1.33 bits per heavy atom. The molecule has 4 rings (SSSR count). The summed E-state index contributed by atoms with van der Waals surface area (Å²) in [5.74, 6) is -0.0143. The Hall–Kier alpha value is -2.34. The number of nitrogens with zero attached hydrogens (tertiary/aromatic N) is 1. The molecule has 0 radical (unpaired) electrons. The molecule has 126 valence electrons. The van der Waals surface area contributed by atoms with Crippen molar-refractivity contribution < 1.29 is 14.3 Å². The fourth-order valence-corrected chi connectivity index (χ4v) is 3.71. The maximum Gasteiger partial charge on any atom is 0.319 e. The third kappa shape index (κ3) is 2.67. The zero-order chi connectivity index (χ0) is 16.7. The molecule has 0 aromatic heterocycles. The highest BCUT2D eigenvalue weighted by atomic mass is 16.5. The number of amides is 3. The number of ether oxygens (including phenoxy) is 1. The summed E-state index contributed by atoms with van der Waals surface area (Å²) >= 11 is 0. The Morgan fingerprint density at radius 3 is 2.96 bits per heavy atom. The second-order valence-corrected chi connectivity index (χ2v) is 6.66. The number of carbonyl (C=O) groups is 2. The second-order valence-electron chi connectivity index (χ2n) is 6.66. The fraction of sp³-hybridized carbons (Fsp3) is 0.444. The Bertz CT molecular complexity index is 722. The van der Waals surface area contributed by atoms with Crippen LogP contribution in [0.4, 0.5) is 4.79 Å². The van der Waals surface area contributed by atoms with Crippen molar-refractivity contribution in [2.75, 3.05) is 19.7 Å². The summed E-state index contributed by atoms with van der Waals surface area (Å²) in [7, 11) is 0. The number of aryl methyl sites for hydroxylation is 1. The molecule has 3 aliphatic rings. The van der Waals surface area contributed by atoms with Crippen LogP contribution in [0.5, 0.6) is 0 Å². The van der Waals surface area contributed by atoms with Gasteiger partial charge in [-0.25, -0.2) is 4.79 Å². The van der Waals surface area contributed by atoms with Gasteiger partial charge in [-0.1, -0.05) is 29.8 Å². The van der Waals surface area contributed by atoms with E-state index in [-0.39, 0.29) is 18.0 Å². The van der Waals surface area contributed by atoms with Crippen LogP contribution in [0.15, 0.2) is 35.5 Å². The molecule has 6 heteroatoms. The van der Waals surface area contributed by atoms with Crippen LogP contribution in [0.1, 0.15) is 30.0 Å². The molecule has 2 N–H and O–H groups in total. The molecular weight excluding hydrogens is 306 g/mol. The topological polar surface area (TPSA) is 70.7 Å². The molecule has 2 atom stereocenters. The van der Waals surface area contributed by atoms with Crippen LogP contribution >= 0.6 is 0 Å². The van der Waals surface area contributed by atoms with E-state index in [0.29, 0.717) is 24.4 Å². The van der Waals surface area contributed by atoms with Crippen LogP contribution in [-0.4, -0.2) is 42.6 Å². The molecule has 0 saturated carbocycles. The van der Waals surface area contributed by atoms with Gasteiger partial charge in [0.05, 0.1) is 30.0 Å². The van der Waals surface area contributed by atoms with E-state index >= 15 is 0 Å². The van der Waals surface area contributed by atoms with Crippen LogP contribution < -0.4 is 10.6 Å². The van der Waals surface area contributed by atoms with Gasteiger partial charge in [0.2, 0.25) is 0 Å². The van der Waals surface area contributed by atoms with Crippen molar-refractivity contribution in [3.05, 3.63) is 46.7 Å². The summed E-state index contributed by atoms with van der Waals surface area (Å²) in [5.41, 5.74) is 3.40. The van der Waals surface area contributed by atoms with Crippen LogP contribution in [0.2, 0.25) is 0 Å². The predicted molar refractivity (Wildman–Crippen MR) is 88.2 cm³/mol. The summed E-state index contributed by atoms with van der Waals surface area (Å²) in [5, 5.41) is 5.69. The highest BCUT2D eigenvalue weighted by Gasteiger charge is 2.41. The van der Waals surface area contributed by atoms with Crippen molar-refractivity contribution in [3.8, 4) is 0 Å². The third-order valence-electron chi connectivity index (χ3n) is 4.84. The molecule has 0 bridgehead atoms. The van der Waals surface area contributed by atoms with Gasteiger partial charge in [-0.3, -0.25) is 4.79 Å². The minimum absolute atomic E-state index is 0.0143. The zero-order valence-electron chi connectivity index (χ0n) is 13.7. The maximum absolute atomic E-state index is 12.9. The summed E-state index contributed by atoms with van der Waals surface area (Å²) < 4.78 is 5.65. The van der Waals surface area contributed by atoms with Gasteiger partial charge in [-0.2, -0.15) is 0 Å². The molecule has 3 amide bonds. The van der Waals surface area contributed by atoms with Gasteiger partial charge in [0.1, 0.15) is 0 Å². The monoisotopic (exact) mass is 327 g/mol. The second kappa shape index (κ2) is 5.94. The number of nitrogens with one attached hydrogen (secondary N) is 2. The van der Waals surface area contributed by atoms with Gasteiger partial charge in [0.25, 0.3) is 5.91 Å². The average molecular weight is 327 g/mol. The van der Waals surface area contributed by atoms with Crippen molar-refractivity contribution in [1.82, 2.24) is 15.5 Å². The van der Waals surface area contributed by atoms with E-state index in [0.717, 1.165) is 30.6 Å². The lowest BCUT2D eigenvalue weighted by Gasteiger charge is -2.26. The SMILES string of the molecule is Cc1cccc([C@H]2NC(=O)NC3=C2C(=O)N(C[C@@H]2CCCO2)C3)c1. The molecule has 1 fully saturated rings. The predicted octanol–water partition coefficient (Wildman–Crippen LogP) is 1.62. The van der Waals surface area contributed by atoms with Crippen LogP contribution in [-0.2, 0) is 9.53 Å². The number of rotatable bonds is 3. The molecule has 0 unspecified atom stereocenters. The van der Waals surface area contributed by atoms with Crippen LogP contribution in [0.3, 0.4) is 0 Å². The van der Waals surface area contributed by atoms with Gasteiger partial charge in [-0.05, 0) is 25.3 Å². The molecule has 24 heavy (non-hydrogen) atoms. The maximum atomic E-state index is 12.9. The Morgan fingerprint density at radius 2 is 2.21 bits per heavy atom. The average Bonchev–Trinajstić information content (AvgIpc) is 3.16. The van der Waals surface area contributed by atoms with Crippen molar-refractivity contribution in [3.63, 3.8) is 0 Å². The van der Waals surface area contributed by atoms with Crippen molar-refractivity contribution in [2.45, 2.75) is 31.9 Å². The molecular formula is C18H21N3O3. The summed E-state index contributed by atoms with van der Waals surface area (Å²) in [6.45, 7) is 3.80. The van der Waals surface area contributed by atoms with Crippen molar-refractivity contribution in [2.24, 2.45) is 0 Å². The minimum Gasteiger partial charge on any atom is -0.376 e. The molecule has 1 aromatic carbocycles. The lowest BCUT2D eigenvalue weighted by molar-refractivity contribution is -0.127. The largest absolute Gasteiger partial charge is 0.376 e. The van der Waals surface area contributed by atoms with Crippen molar-refractivity contribution >= 4 is 11.9 Å². The normalized spacial score (nSPS) is 26.5. The summed E-state index contributed by atoms with van der Waals surface area (Å²) in [6, 6.07) is 7.26. The van der Waals surface area contributed by atoms with Gasteiger partial charge in [-0.15, -0.1) is 0 Å². The molecule has 1 aromatic rings. The Balaban J connectivity index is 1.61. The number of carbonyl (C=O) groups excluding carboxylic acids is 2. The highest BCUT2D eigenvalue weighted by Crippen LogP contribution is 2.33. The van der Waals surface area contributed by atoms with E-state index in [2.05, 4.69) is 10.6 Å². The van der Waals surface area contributed by atoms with Crippen LogP contribution in [0.25, 0.3) is 0 Å². The molecule has 3 aliphatic heterocycles. The first-order chi connectivity index (χ1) is 11.6. The lowest BCUT2D eigenvalue weighted by Crippen LogP contribution is -2.44. The van der Waals surface area contributed by atoms with Gasteiger partial charge in [0, 0.05) is 13.2 Å². The van der Waals surface area contributed by atoms with E-state index in [1.54, 1.807) is 4.90 Å². The number of hydrogen-bond donors (Lipinski definition) is 2. The van der Waals surface area contributed by atoms with Gasteiger partial charge in [0.15, 0.2) is 0 Å². The van der Waals surface area contributed by atoms with E-state index in [4.69, 9.17) is 4.74 Å². The number of benzene rings is 1. The van der Waals surface area contributed by atoms with Gasteiger partial charge < -0.3 is 20.3 Å². The standard InChI is InChI=1S/C18H21N3O3/c1-11-4-2-5-12(8-11)16-15-14(19-18(23)20-16)10-21(17(15)22)9-13-6-3-7-24-13/h2,4-5,8,13,16H,3,6-7,9-10H2,1H3,(H2,19,20,23)/t13-,16+/m0/s1. The first-order valence-corrected chi connectivity index (χ1v) is 8.40. The van der Waals surface area contributed by atoms with E-state index in [9.17, 15) is 9.59 Å².